The molecule has 3 unspecified atom stereocenters. The summed E-state index contributed by atoms with van der Waals surface area (Å²) in [5, 5.41) is 12.7. The summed E-state index contributed by atoms with van der Waals surface area (Å²) in [7, 11) is 0. The van der Waals surface area contributed by atoms with Gasteiger partial charge in [0.1, 0.15) is 0 Å². The van der Waals surface area contributed by atoms with Crippen molar-refractivity contribution in [2.45, 2.75) is 44.2 Å². The van der Waals surface area contributed by atoms with E-state index in [0.29, 0.717) is 12.5 Å². The summed E-state index contributed by atoms with van der Waals surface area (Å²) in [6.45, 7) is 6.14. The Balaban J connectivity index is 1.41. The van der Waals surface area contributed by atoms with Crippen molar-refractivity contribution in [2.24, 2.45) is 5.92 Å². The van der Waals surface area contributed by atoms with Crippen molar-refractivity contribution in [3.63, 3.8) is 0 Å². The van der Waals surface area contributed by atoms with Crippen LogP contribution in [0.4, 0.5) is 0 Å². The second kappa shape index (κ2) is 8.09. The van der Waals surface area contributed by atoms with Crippen LogP contribution in [-0.2, 0) is 9.53 Å². The SMILES string of the molecule is N#CC1CCCC(NC2CC(=O)N(CCN3CCOCC3)C2)C1. The molecule has 0 aromatic carbocycles. The Kier molecular flexibility index (Phi) is 5.87. The Bertz CT molecular complexity index is 444. The third-order valence-corrected chi connectivity index (χ3v) is 5.33. The molecular weight excluding hydrogens is 292 g/mol. The molecule has 3 rings (SSSR count). The van der Waals surface area contributed by atoms with Crippen LogP contribution in [0.3, 0.4) is 0 Å². The molecule has 0 aromatic heterocycles. The van der Waals surface area contributed by atoms with E-state index in [2.05, 4.69) is 16.3 Å². The molecule has 128 valence electrons. The van der Waals surface area contributed by atoms with Gasteiger partial charge in [-0.3, -0.25) is 9.69 Å². The summed E-state index contributed by atoms with van der Waals surface area (Å²) in [6, 6.07) is 3.07. The summed E-state index contributed by atoms with van der Waals surface area (Å²) < 4.78 is 5.36. The molecule has 1 amide bonds. The second-order valence-corrected chi connectivity index (χ2v) is 7.05. The number of nitriles is 1. The standard InChI is InChI=1S/C17H28N4O2/c18-12-14-2-1-3-15(10-14)19-16-11-17(22)21(13-16)5-4-20-6-8-23-9-7-20/h14-16,19H,1-11,13H2. The molecule has 2 saturated heterocycles. The Morgan fingerprint density at radius 1 is 1.22 bits per heavy atom. The van der Waals surface area contributed by atoms with E-state index in [1.165, 1.54) is 0 Å². The summed E-state index contributed by atoms with van der Waals surface area (Å²) in [4.78, 5) is 16.6. The van der Waals surface area contributed by atoms with Crippen molar-refractivity contribution in [3.8, 4) is 6.07 Å². The lowest BCUT2D eigenvalue weighted by Gasteiger charge is -2.30. The molecule has 3 fully saturated rings. The Morgan fingerprint density at radius 2 is 2.04 bits per heavy atom. The smallest absolute Gasteiger partial charge is 0.224 e. The van der Waals surface area contributed by atoms with Gasteiger partial charge in [0.2, 0.25) is 5.91 Å². The zero-order valence-electron chi connectivity index (χ0n) is 13.9. The van der Waals surface area contributed by atoms with Crippen LogP contribution in [0, 0.1) is 17.2 Å². The van der Waals surface area contributed by atoms with Crippen molar-refractivity contribution in [1.29, 1.82) is 5.26 Å². The first-order valence-corrected chi connectivity index (χ1v) is 8.98. The van der Waals surface area contributed by atoms with Gasteiger partial charge < -0.3 is 15.0 Å². The van der Waals surface area contributed by atoms with Gasteiger partial charge in [0, 0.05) is 57.1 Å². The fourth-order valence-corrected chi connectivity index (χ4v) is 3.98. The topological polar surface area (TPSA) is 68.6 Å². The second-order valence-electron chi connectivity index (χ2n) is 7.05. The molecule has 3 aliphatic rings. The molecule has 1 saturated carbocycles. The highest BCUT2D eigenvalue weighted by molar-refractivity contribution is 5.79. The van der Waals surface area contributed by atoms with E-state index in [4.69, 9.17) is 10.00 Å². The lowest BCUT2D eigenvalue weighted by molar-refractivity contribution is -0.128. The molecule has 0 bridgehead atoms. The van der Waals surface area contributed by atoms with E-state index >= 15 is 0 Å². The van der Waals surface area contributed by atoms with Gasteiger partial charge in [-0.05, 0) is 19.3 Å². The van der Waals surface area contributed by atoms with Crippen molar-refractivity contribution in [1.82, 2.24) is 15.1 Å². The van der Waals surface area contributed by atoms with Crippen LogP contribution in [0.1, 0.15) is 32.1 Å². The number of nitrogens with one attached hydrogen (secondary N) is 1. The van der Waals surface area contributed by atoms with Crippen LogP contribution < -0.4 is 5.32 Å². The maximum absolute atomic E-state index is 12.2. The van der Waals surface area contributed by atoms with Crippen LogP contribution >= 0.6 is 0 Å². The number of carbonyl (C=O) groups excluding carboxylic acids is 1. The molecule has 0 radical (unpaired) electrons. The summed E-state index contributed by atoms with van der Waals surface area (Å²) in [5.41, 5.74) is 0. The van der Waals surface area contributed by atoms with Gasteiger partial charge in [-0.15, -0.1) is 0 Å². The number of ether oxygens (including phenoxy) is 1. The highest BCUT2D eigenvalue weighted by atomic mass is 16.5. The molecule has 0 spiro atoms. The van der Waals surface area contributed by atoms with Gasteiger partial charge in [0.25, 0.3) is 0 Å². The van der Waals surface area contributed by atoms with E-state index in [1.807, 2.05) is 4.90 Å². The Hall–Kier alpha value is -1.16. The number of likely N-dealkylation sites (tertiary alicyclic amines) is 1. The summed E-state index contributed by atoms with van der Waals surface area (Å²) >= 11 is 0. The van der Waals surface area contributed by atoms with Gasteiger partial charge in [-0.2, -0.15) is 5.26 Å². The molecule has 2 aliphatic heterocycles. The Labute approximate surface area is 138 Å². The van der Waals surface area contributed by atoms with E-state index in [9.17, 15) is 4.79 Å². The van der Waals surface area contributed by atoms with E-state index in [1.54, 1.807) is 0 Å². The monoisotopic (exact) mass is 320 g/mol. The largest absolute Gasteiger partial charge is 0.379 e. The molecule has 1 N–H and O–H groups in total. The number of carbonyl (C=O) groups is 1. The summed E-state index contributed by atoms with van der Waals surface area (Å²) in [6.07, 6.45) is 4.84. The third kappa shape index (κ3) is 4.66. The van der Waals surface area contributed by atoms with Crippen LogP contribution in [0.2, 0.25) is 0 Å². The van der Waals surface area contributed by atoms with Gasteiger partial charge in [0.05, 0.1) is 19.3 Å². The summed E-state index contributed by atoms with van der Waals surface area (Å²) in [5.74, 6) is 0.458. The van der Waals surface area contributed by atoms with E-state index in [0.717, 1.165) is 71.6 Å². The predicted octanol–water partition coefficient (Wildman–Crippen LogP) is 0.591. The first-order chi connectivity index (χ1) is 11.2. The lowest BCUT2D eigenvalue weighted by Crippen LogP contribution is -2.44. The van der Waals surface area contributed by atoms with Gasteiger partial charge >= 0.3 is 0 Å². The Morgan fingerprint density at radius 3 is 2.83 bits per heavy atom. The van der Waals surface area contributed by atoms with Crippen molar-refractivity contribution in [2.75, 3.05) is 45.9 Å². The number of amides is 1. The van der Waals surface area contributed by atoms with Crippen LogP contribution in [0.15, 0.2) is 0 Å². The molecule has 3 atom stereocenters. The minimum absolute atomic E-state index is 0.191. The molecule has 6 nitrogen and oxygen atoms in total. The molecule has 23 heavy (non-hydrogen) atoms. The first-order valence-electron chi connectivity index (χ1n) is 8.98. The van der Waals surface area contributed by atoms with Crippen molar-refractivity contribution >= 4 is 5.91 Å². The predicted molar refractivity (Wildman–Crippen MR) is 86.7 cm³/mol. The minimum atomic E-state index is 0.191. The van der Waals surface area contributed by atoms with Crippen molar-refractivity contribution < 1.29 is 9.53 Å². The zero-order valence-corrected chi connectivity index (χ0v) is 13.9. The first kappa shape index (κ1) is 16.7. The number of nitrogens with zero attached hydrogens (tertiary/aromatic N) is 3. The fourth-order valence-electron chi connectivity index (χ4n) is 3.98. The number of rotatable bonds is 5. The quantitative estimate of drug-likeness (QED) is 0.803. The highest BCUT2D eigenvalue weighted by Gasteiger charge is 2.32. The number of hydrogen-bond acceptors (Lipinski definition) is 5. The molecule has 2 heterocycles. The maximum Gasteiger partial charge on any atom is 0.224 e. The fraction of sp³-hybridized carbons (Fsp3) is 0.882. The number of hydrogen-bond donors (Lipinski definition) is 1. The maximum atomic E-state index is 12.2. The van der Waals surface area contributed by atoms with Gasteiger partial charge in [0.15, 0.2) is 0 Å². The lowest BCUT2D eigenvalue weighted by atomic mass is 9.86. The van der Waals surface area contributed by atoms with E-state index < -0.39 is 0 Å². The van der Waals surface area contributed by atoms with Crippen LogP contribution in [-0.4, -0.2) is 73.7 Å². The van der Waals surface area contributed by atoms with E-state index in [-0.39, 0.29) is 17.9 Å². The average Bonchev–Trinajstić information content (AvgIpc) is 2.93. The third-order valence-electron chi connectivity index (χ3n) is 5.33. The van der Waals surface area contributed by atoms with Crippen LogP contribution in [0.25, 0.3) is 0 Å². The number of morpholine rings is 1. The average molecular weight is 320 g/mol. The van der Waals surface area contributed by atoms with Crippen LogP contribution in [0.5, 0.6) is 0 Å². The zero-order chi connectivity index (χ0) is 16.1. The molecule has 0 aromatic rings. The molecule has 6 heteroatoms. The van der Waals surface area contributed by atoms with Gasteiger partial charge in [-0.25, -0.2) is 0 Å². The molecule has 1 aliphatic carbocycles. The van der Waals surface area contributed by atoms with Gasteiger partial charge in [-0.1, -0.05) is 6.42 Å². The van der Waals surface area contributed by atoms with Crippen molar-refractivity contribution in [3.05, 3.63) is 0 Å². The minimum Gasteiger partial charge on any atom is -0.379 e. The molecular formula is C17H28N4O2. The highest BCUT2D eigenvalue weighted by Crippen LogP contribution is 2.25. The normalized spacial score (nSPS) is 32.9.